The number of anilines is 1. The van der Waals surface area contributed by atoms with Gasteiger partial charge in [0.2, 0.25) is 5.91 Å². The maximum absolute atomic E-state index is 12.5. The van der Waals surface area contributed by atoms with Gasteiger partial charge >= 0.3 is 0 Å². The summed E-state index contributed by atoms with van der Waals surface area (Å²) in [5.74, 6) is 0.971. The van der Waals surface area contributed by atoms with Crippen LogP contribution in [-0.2, 0) is 11.2 Å². The van der Waals surface area contributed by atoms with E-state index in [0.29, 0.717) is 18.2 Å². The van der Waals surface area contributed by atoms with E-state index < -0.39 is 0 Å². The Labute approximate surface area is 177 Å². The lowest BCUT2D eigenvalue weighted by molar-refractivity contribution is -0.132. The van der Waals surface area contributed by atoms with Gasteiger partial charge in [-0.15, -0.1) is 0 Å². The number of carbonyl (C=O) groups excluding carboxylic acids is 1. The third-order valence-electron chi connectivity index (χ3n) is 6.72. The van der Waals surface area contributed by atoms with Crippen molar-refractivity contribution in [2.75, 3.05) is 37.6 Å². The van der Waals surface area contributed by atoms with Crippen molar-refractivity contribution < 1.29 is 4.79 Å². The molecule has 156 valence electrons. The zero-order valence-corrected chi connectivity index (χ0v) is 17.4. The Bertz CT molecular complexity index is 954. The number of aromatic amines is 1. The number of allylic oxidation sites excluding steroid dienone is 1. The molecule has 0 saturated carbocycles. The molecule has 0 bridgehead atoms. The molecule has 1 fully saturated rings. The molecule has 4 heterocycles. The van der Waals surface area contributed by atoms with Crippen LogP contribution < -0.4 is 4.90 Å². The summed E-state index contributed by atoms with van der Waals surface area (Å²) < 4.78 is 0. The molecular formula is C24H29N5O. The predicted molar refractivity (Wildman–Crippen MR) is 120 cm³/mol. The van der Waals surface area contributed by atoms with E-state index in [4.69, 9.17) is 0 Å². The topological polar surface area (TPSA) is 64.6 Å². The van der Waals surface area contributed by atoms with Crippen molar-refractivity contribution in [2.45, 2.75) is 32.1 Å². The first-order chi connectivity index (χ1) is 14.8. The molecular weight excluding hydrogens is 374 g/mol. The normalized spacial score (nSPS) is 18.7. The molecule has 1 saturated heterocycles. The molecule has 0 atom stereocenters. The molecule has 0 unspecified atom stereocenters. The lowest BCUT2D eigenvalue weighted by atomic mass is 9.95. The van der Waals surface area contributed by atoms with Crippen LogP contribution in [0.5, 0.6) is 0 Å². The lowest BCUT2D eigenvalue weighted by Gasteiger charge is -2.34. The molecule has 30 heavy (non-hydrogen) atoms. The van der Waals surface area contributed by atoms with Crippen LogP contribution in [0, 0.1) is 5.92 Å². The van der Waals surface area contributed by atoms with E-state index in [-0.39, 0.29) is 0 Å². The van der Waals surface area contributed by atoms with Crippen LogP contribution in [0.3, 0.4) is 0 Å². The van der Waals surface area contributed by atoms with E-state index in [0.717, 1.165) is 64.0 Å². The number of aliphatic imine (C=N–C) groups is 1. The van der Waals surface area contributed by atoms with Crippen molar-refractivity contribution >= 4 is 17.8 Å². The summed E-state index contributed by atoms with van der Waals surface area (Å²) in [6.07, 6.45) is 12.5. The second-order valence-electron chi connectivity index (χ2n) is 8.67. The molecule has 0 spiro atoms. The highest BCUT2D eigenvalue weighted by Gasteiger charge is 2.27. The highest BCUT2D eigenvalue weighted by molar-refractivity contribution is 5.78. The lowest BCUT2D eigenvalue weighted by Crippen LogP contribution is -2.41. The van der Waals surface area contributed by atoms with Crippen LogP contribution in [0.25, 0.3) is 11.1 Å². The second kappa shape index (κ2) is 8.46. The van der Waals surface area contributed by atoms with Crippen molar-refractivity contribution in [1.29, 1.82) is 0 Å². The number of rotatable bonds is 6. The Morgan fingerprint density at radius 1 is 1.17 bits per heavy atom. The van der Waals surface area contributed by atoms with Gasteiger partial charge in [-0.1, -0.05) is 6.07 Å². The van der Waals surface area contributed by atoms with Crippen molar-refractivity contribution in [2.24, 2.45) is 10.9 Å². The Morgan fingerprint density at radius 2 is 2.07 bits per heavy atom. The van der Waals surface area contributed by atoms with Gasteiger partial charge in [0.15, 0.2) is 0 Å². The van der Waals surface area contributed by atoms with Gasteiger partial charge < -0.3 is 9.80 Å². The zero-order valence-electron chi connectivity index (χ0n) is 17.4. The third-order valence-corrected chi connectivity index (χ3v) is 6.72. The number of likely N-dealkylation sites (tertiary alicyclic amines) is 1. The van der Waals surface area contributed by atoms with Crippen molar-refractivity contribution in [3.63, 3.8) is 0 Å². The summed E-state index contributed by atoms with van der Waals surface area (Å²) in [7, 11) is 0. The van der Waals surface area contributed by atoms with Gasteiger partial charge in [0, 0.05) is 56.3 Å². The molecule has 5 rings (SSSR count). The summed E-state index contributed by atoms with van der Waals surface area (Å²) >= 11 is 0. The maximum Gasteiger partial charge on any atom is 0.222 e. The number of nitrogens with zero attached hydrogens (tertiary/aromatic N) is 4. The molecule has 1 aromatic heterocycles. The van der Waals surface area contributed by atoms with Gasteiger partial charge in [-0.3, -0.25) is 14.9 Å². The number of hydrogen-bond acceptors (Lipinski definition) is 4. The molecule has 0 aliphatic carbocycles. The number of benzene rings is 1. The monoisotopic (exact) mass is 403 g/mol. The van der Waals surface area contributed by atoms with Gasteiger partial charge in [0.1, 0.15) is 0 Å². The van der Waals surface area contributed by atoms with E-state index in [1.165, 1.54) is 22.4 Å². The fourth-order valence-corrected chi connectivity index (χ4v) is 4.89. The van der Waals surface area contributed by atoms with Crippen LogP contribution in [0.2, 0.25) is 0 Å². The van der Waals surface area contributed by atoms with Crippen molar-refractivity contribution in [3.8, 4) is 11.1 Å². The van der Waals surface area contributed by atoms with Gasteiger partial charge in [0.25, 0.3) is 0 Å². The van der Waals surface area contributed by atoms with Crippen LogP contribution in [0.15, 0.2) is 47.2 Å². The maximum atomic E-state index is 12.5. The van der Waals surface area contributed by atoms with Crippen LogP contribution in [0.4, 0.5) is 5.69 Å². The van der Waals surface area contributed by atoms with E-state index in [9.17, 15) is 4.79 Å². The Balaban J connectivity index is 1.12. The third kappa shape index (κ3) is 4.04. The second-order valence-corrected chi connectivity index (χ2v) is 8.67. The molecule has 3 aliphatic rings. The highest BCUT2D eigenvalue weighted by atomic mass is 16.2. The van der Waals surface area contributed by atoms with Crippen LogP contribution >= 0.6 is 0 Å². The highest BCUT2D eigenvalue weighted by Crippen LogP contribution is 2.33. The Hall–Kier alpha value is -2.89. The molecule has 1 amide bonds. The molecule has 2 aromatic rings. The van der Waals surface area contributed by atoms with Gasteiger partial charge in [0.05, 0.1) is 12.7 Å². The number of aromatic nitrogens is 2. The largest absolute Gasteiger partial charge is 0.371 e. The molecule has 6 heteroatoms. The average Bonchev–Trinajstić information content (AvgIpc) is 3.54. The molecule has 6 nitrogen and oxygen atoms in total. The number of hydrogen-bond donors (Lipinski definition) is 1. The molecule has 1 aromatic carbocycles. The fourth-order valence-electron chi connectivity index (χ4n) is 4.89. The fraction of sp³-hybridized carbons (Fsp3) is 0.458. The molecule has 3 aliphatic heterocycles. The Morgan fingerprint density at radius 3 is 2.83 bits per heavy atom. The van der Waals surface area contributed by atoms with Gasteiger partial charge in [-0.2, -0.15) is 5.10 Å². The minimum absolute atomic E-state index is 0.305. The van der Waals surface area contributed by atoms with E-state index in [2.05, 4.69) is 43.2 Å². The first-order valence-corrected chi connectivity index (χ1v) is 11.1. The van der Waals surface area contributed by atoms with Crippen LogP contribution in [0.1, 0.15) is 31.2 Å². The average molecular weight is 404 g/mol. The molecule has 1 N–H and O–H groups in total. The predicted octanol–water partition coefficient (Wildman–Crippen LogP) is 3.47. The summed E-state index contributed by atoms with van der Waals surface area (Å²) in [5, 5.41) is 6.96. The van der Waals surface area contributed by atoms with E-state index >= 15 is 0 Å². The SMILES string of the molecule is O=C(CCC1=CC=NC1)N1CCC(CN2CCc3cc(-c4cn[nH]c4)ccc32)CC1. The molecule has 0 radical (unpaired) electrons. The Kier molecular flexibility index (Phi) is 5.39. The minimum atomic E-state index is 0.305. The van der Waals surface area contributed by atoms with Crippen molar-refractivity contribution in [1.82, 2.24) is 15.1 Å². The van der Waals surface area contributed by atoms with Crippen molar-refractivity contribution in [3.05, 3.63) is 47.8 Å². The number of H-pyrrole nitrogens is 1. The number of amides is 1. The summed E-state index contributed by atoms with van der Waals surface area (Å²) in [6.45, 7) is 4.78. The number of piperidine rings is 1. The van der Waals surface area contributed by atoms with Gasteiger partial charge in [-0.25, -0.2) is 0 Å². The van der Waals surface area contributed by atoms with E-state index in [1.54, 1.807) is 0 Å². The number of fused-ring (bicyclic) bond motifs is 1. The summed E-state index contributed by atoms with van der Waals surface area (Å²) in [6, 6.07) is 6.78. The summed E-state index contributed by atoms with van der Waals surface area (Å²) in [5.41, 5.74) is 6.47. The smallest absolute Gasteiger partial charge is 0.222 e. The van der Waals surface area contributed by atoms with Crippen LogP contribution in [-0.4, -0.2) is 59.9 Å². The minimum Gasteiger partial charge on any atom is -0.371 e. The number of carbonyl (C=O) groups is 1. The van der Waals surface area contributed by atoms with Gasteiger partial charge in [-0.05, 0) is 66.5 Å². The zero-order chi connectivity index (χ0) is 20.3. The standard InChI is InChI=1S/C24H29N5O/c30-24(4-1-18-5-9-25-14-18)28-10-6-19(7-11-28)17-29-12-8-21-13-20(2-3-23(21)29)22-15-26-27-16-22/h2-3,5,9,13,15-16,19H,1,4,6-8,10-12,14,17H2,(H,26,27). The first-order valence-electron chi connectivity index (χ1n) is 11.1. The first kappa shape index (κ1) is 19.1. The number of nitrogens with one attached hydrogen (secondary N) is 1. The summed E-state index contributed by atoms with van der Waals surface area (Å²) in [4.78, 5) is 21.4. The quantitative estimate of drug-likeness (QED) is 0.803. The van der Waals surface area contributed by atoms with E-state index in [1.807, 2.05) is 24.7 Å².